The van der Waals surface area contributed by atoms with Crippen LogP contribution in [0.15, 0.2) is 29.2 Å². The van der Waals surface area contributed by atoms with Gasteiger partial charge in [0, 0.05) is 4.90 Å². The monoisotopic (exact) mass is 266 g/mol. The third-order valence-electron chi connectivity index (χ3n) is 2.85. The number of carbonyl (C=O) groups excluding carboxylic acids is 1. The van der Waals surface area contributed by atoms with Crippen molar-refractivity contribution in [2.24, 2.45) is 5.92 Å². The average Bonchev–Trinajstić information content (AvgIpc) is 2.35. The van der Waals surface area contributed by atoms with Crippen LogP contribution in [-0.2, 0) is 9.53 Å². The van der Waals surface area contributed by atoms with Gasteiger partial charge in [-0.3, -0.25) is 4.79 Å². The summed E-state index contributed by atoms with van der Waals surface area (Å²) in [5, 5.41) is -0.139. The minimum Gasteiger partial charge on any atom is -0.468 e. The van der Waals surface area contributed by atoms with Crippen LogP contribution in [0, 0.1) is 5.92 Å². The number of benzene rings is 1. The summed E-state index contributed by atoms with van der Waals surface area (Å²) in [6, 6.07) is 8.42. The Labute approximate surface area is 114 Å². The fourth-order valence-electron chi connectivity index (χ4n) is 1.65. The molecule has 0 aliphatic heterocycles. The molecule has 0 heterocycles. The van der Waals surface area contributed by atoms with Crippen molar-refractivity contribution in [3.05, 3.63) is 29.8 Å². The summed E-state index contributed by atoms with van der Waals surface area (Å²) in [6.45, 7) is 8.43. The first kappa shape index (κ1) is 15.1. The zero-order valence-electron chi connectivity index (χ0n) is 11.8. The largest absolute Gasteiger partial charge is 0.468 e. The van der Waals surface area contributed by atoms with Gasteiger partial charge in [-0.05, 0) is 29.5 Å². The van der Waals surface area contributed by atoms with Gasteiger partial charge in [-0.25, -0.2) is 0 Å². The van der Waals surface area contributed by atoms with E-state index in [-0.39, 0.29) is 17.1 Å². The standard InChI is InChI=1S/C15H22O2S/c1-10(2)12-6-8-13(9-7-12)18-14(11(3)4)15(16)17-5/h6-11,14H,1-5H3. The molecule has 0 aromatic heterocycles. The molecule has 0 aliphatic carbocycles. The molecule has 0 saturated carbocycles. The maximum absolute atomic E-state index is 11.7. The Kier molecular flexibility index (Phi) is 5.73. The first-order valence-corrected chi connectivity index (χ1v) is 7.18. The van der Waals surface area contributed by atoms with Crippen molar-refractivity contribution >= 4 is 17.7 Å². The Balaban J connectivity index is 2.78. The van der Waals surface area contributed by atoms with Crippen LogP contribution in [0.25, 0.3) is 0 Å². The smallest absolute Gasteiger partial charge is 0.319 e. The van der Waals surface area contributed by atoms with E-state index >= 15 is 0 Å². The molecule has 100 valence electrons. The van der Waals surface area contributed by atoms with Crippen LogP contribution in [0.5, 0.6) is 0 Å². The maximum Gasteiger partial charge on any atom is 0.319 e. The van der Waals surface area contributed by atoms with E-state index in [1.54, 1.807) is 11.8 Å². The molecule has 0 spiro atoms. The van der Waals surface area contributed by atoms with Crippen molar-refractivity contribution in [2.45, 2.75) is 43.8 Å². The summed E-state index contributed by atoms with van der Waals surface area (Å²) in [5.41, 5.74) is 1.32. The third-order valence-corrected chi connectivity index (χ3v) is 4.38. The molecular formula is C15H22O2S. The lowest BCUT2D eigenvalue weighted by molar-refractivity contribution is -0.140. The second-order valence-electron chi connectivity index (χ2n) is 5.03. The summed E-state index contributed by atoms with van der Waals surface area (Å²) in [7, 11) is 1.44. The quantitative estimate of drug-likeness (QED) is 0.593. The SMILES string of the molecule is COC(=O)C(Sc1ccc(C(C)C)cc1)C(C)C. The van der Waals surface area contributed by atoms with E-state index in [9.17, 15) is 4.79 Å². The van der Waals surface area contributed by atoms with E-state index in [1.165, 1.54) is 12.7 Å². The first-order chi connectivity index (χ1) is 8.45. The number of methoxy groups -OCH3 is 1. The lowest BCUT2D eigenvalue weighted by Crippen LogP contribution is -2.24. The molecule has 0 saturated heterocycles. The number of hydrogen-bond donors (Lipinski definition) is 0. The lowest BCUT2D eigenvalue weighted by atomic mass is 10.0. The number of carbonyl (C=O) groups is 1. The van der Waals surface area contributed by atoms with Crippen molar-refractivity contribution < 1.29 is 9.53 Å². The number of rotatable bonds is 5. The van der Waals surface area contributed by atoms with Gasteiger partial charge in [-0.2, -0.15) is 0 Å². The van der Waals surface area contributed by atoms with Crippen molar-refractivity contribution in [2.75, 3.05) is 7.11 Å². The van der Waals surface area contributed by atoms with E-state index in [4.69, 9.17) is 4.74 Å². The highest BCUT2D eigenvalue weighted by Crippen LogP contribution is 2.30. The highest BCUT2D eigenvalue weighted by molar-refractivity contribution is 8.00. The van der Waals surface area contributed by atoms with Crippen LogP contribution >= 0.6 is 11.8 Å². The Morgan fingerprint density at radius 1 is 1.11 bits per heavy atom. The molecule has 0 fully saturated rings. The molecule has 1 unspecified atom stereocenters. The molecule has 1 aromatic rings. The summed E-state index contributed by atoms with van der Waals surface area (Å²) in [6.07, 6.45) is 0. The van der Waals surface area contributed by atoms with Gasteiger partial charge in [-0.15, -0.1) is 11.8 Å². The van der Waals surface area contributed by atoms with Crippen molar-refractivity contribution in [3.8, 4) is 0 Å². The minimum atomic E-state index is -0.150. The highest BCUT2D eigenvalue weighted by atomic mass is 32.2. The fourth-order valence-corrected chi connectivity index (χ4v) is 2.70. The van der Waals surface area contributed by atoms with Gasteiger partial charge in [-0.1, -0.05) is 39.8 Å². The van der Waals surface area contributed by atoms with Gasteiger partial charge in [0.25, 0.3) is 0 Å². The molecule has 0 amide bonds. The summed E-state index contributed by atoms with van der Waals surface area (Å²) >= 11 is 1.58. The average molecular weight is 266 g/mol. The van der Waals surface area contributed by atoms with Crippen LogP contribution in [0.1, 0.15) is 39.2 Å². The lowest BCUT2D eigenvalue weighted by Gasteiger charge is -2.18. The minimum absolute atomic E-state index is 0.139. The van der Waals surface area contributed by atoms with Gasteiger partial charge >= 0.3 is 5.97 Å². The van der Waals surface area contributed by atoms with E-state index in [0.717, 1.165) is 4.90 Å². The topological polar surface area (TPSA) is 26.3 Å². The van der Waals surface area contributed by atoms with E-state index in [1.807, 2.05) is 13.8 Å². The molecule has 0 N–H and O–H groups in total. The van der Waals surface area contributed by atoms with Gasteiger partial charge in [0.15, 0.2) is 0 Å². The number of thioether (sulfide) groups is 1. The van der Waals surface area contributed by atoms with Crippen LogP contribution in [-0.4, -0.2) is 18.3 Å². The molecule has 0 aliphatic rings. The molecule has 1 aromatic carbocycles. The van der Waals surface area contributed by atoms with E-state index in [0.29, 0.717) is 5.92 Å². The maximum atomic E-state index is 11.7. The molecule has 0 bridgehead atoms. The van der Waals surface area contributed by atoms with Crippen LogP contribution in [0.4, 0.5) is 0 Å². The predicted octanol–water partition coefficient (Wildman–Crippen LogP) is 4.10. The first-order valence-electron chi connectivity index (χ1n) is 6.30. The number of ether oxygens (including phenoxy) is 1. The van der Waals surface area contributed by atoms with Crippen LogP contribution in [0.2, 0.25) is 0 Å². The number of esters is 1. The zero-order valence-corrected chi connectivity index (χ0v) is 12.6. The molecule has 2 nitrogen and oxygen atoms in total. The van der Waals surface area contributed by atoms with Gasteiger partial charge in [0.2, 0.25) is 0 Å². The van der Waals surface area contributed by atoms with Gasteiger partial charge in [0.05, 0.1) is 7.11 Å². The Bertz CT molecular complexity index is 382. The number of hydrogen-bond acceptors (Lipinski definition) is 3. The molecule has 0 radical (unpaired) electrons. The van der Waals surface area contributed by atoms with E-state index in [2.05, 4.69) is 38.1 Å². The van der Waals surface area contributed by atoms with Crippen molar-refractivity contribution in [1.82, 2.24) is 0 Å². The Hall–Kier alpha value is -0.960. The molecule has 3 heteroatoms. The fraction of sp³-hybridized carbons (Fsp3) is 0.533. The Morgan fingerprint density at radius 2 is 1.67 bits per heavy atom. The molecular weight excluding hydrogens is 244 g/mol. The van der Waals surface area contributed by atoms with Gasteiger partial charge in [0.1, 0.15) is 5.25 Å². The predicted molar refractivity (Wildman–Crippen MR) is 77.0 cm³/mol. The zero-order chi connectivity index (χ0) is 13.7. The molecule has 1 atom stereocenters. The van der Waals surface area contributed by atoms with Crippen LogP contribution in [0.3, 0.4) is 0 Å². The summed E-state index contributed by atoms with van der Waals surface area (Å²) < 4.78 is 4.85. The molecule has 1 rings (SSSR count). The Morgan fingerprint density at radius 3 is 2.06 bits per heavy atom. The van der Waals surface area contributed by atoms with Gasteiger partial charge < -0.3 is 4.74 Å². The van der Waals surface area contributed by atoms with Crippen LogP contribution < -0.4 is 0 Å². The molecule has 18 heavy (non-hydrogen) atoms. The van der Waals surface area contributed by atoms with Crippen molar-refractivity contribution in [1.29, 1.82) is 0 Å². The van der Waals surface area contributed by atoms with E-state index < -0.39 is 0 Å². The third kappa shape index (κ3) is 4.05. The highest BCUT2D eigenvalue weighted by Gasteiger charge is 2.24. The summed E-state index contributed by atoms with van der Waals surface area (Å²) in [4.78, 5) is 12.8. The summed E-state index contributed by atoms with van der Waals surface area (Å²) in [5.74, 6) is 0.640. The normalized spacial score (nSPS) is 12.8. The van der Waals surface area contributed by atoms with Crippen molar-refractivity contribution in [3.63, 3.8) is 0 Å². The second kappa shape index (κ2) is 6.83. The second-order valence-corrected chi connectivity index (χ2v) is 6.24.